The summed E-state index contributed by atoms with van der Waals surface area (Å²) in [6, 6.07) is 73.4. The molecule has 3 nitrogen and oxygen atoms in total. The minimum atomic E-state index is -2.94. The Balaban J connectivity index is 1.19. The van der Waals surface area contributed by atoms with Crippen molar-refractivity contribution in [1.82, 2.24) is 14.5 Å². The molecular weight excluding hydrogens is 731 g/mol. The Hall–Kier alpha value is -7.14. The Bertz CT molecular complexity index is 3250. The summed E-state index contributed by atoms with van der Waals surface area (Å²) in [7, 11) is -2.94. The maximum Gasteiger partial charge on any atom is 0.203 e. The summed E-state index contributed by atoms with van der Waals surface area (Å²) in [4.78, 5) is 11.6. The molecule has 0 fully saturated rings. The second-order valence-electron chi connectivity index (χ2n) is 16.5. The lowest BCUT2D eigenvalue weighted by molar-refractivity contribution is 0.661. The van der Waals surface area contributed by atoms with E-state index < -0.39 is 8.07 Å². The Morgan fingerprint density at radius 3 is 1.80 bits per heavy atom. The van der Waals surface area contributed by atoms with E-state index in [0.29, 0.717) is 0 Å². The standard InChI is InChI=1S/C55H39N3Si/c1-55(2)45-30-16-12-26-39(45)43-35-49-44(34-46(43)55)40-27-13-17-31-47(40)58(49)48-32-18-14-28-41(48)53-56-52(36-20-6-3-7-21-36)51-42-29-15-19-33-50(42)59(54(51)57-53,37-22-8-4-9-23-37)38-24-10-5-11-25-38/h3-35H,1-2H3. The Morgan fingerprint density at radius 2 is 1.05 bits per heavy atom. The minimum Gasteiger partial charge on any atom is -0.308 e. The number of rotatable bonds is 5. The second kappa shape index (κ2) is 12.7. The molecule has 0 saturated carbocycles. The van der Waals surface area contributed by atoms with E-state index in [9.17, 15) is 0 Å². The van der Waals surface area contributed by atoms with Crippen LogP contribution in [0.3, 0.4) is 0 Å². The number of para-hydroxylation sites is 2. The van der Waals surface area contributed by atoms with E-state index in [1.165, 1.54) is 65.2 Å². The molecule has 4 heteroatoms. The molecule has 1 aliphatic heterocycles. The summed E-state index contributed by atoms with van der Waals surface area (Å²) in [6.45, 7) is 4.72. The van der Waals surface area contributed by atoms with E-state index in [2.05, 4.69) is 219 Å². The van der Waals surface area contributed by atoms with Crippen LogP contribution in [-0.2, 0) is 5.41 Å². The average molecular weight is 770 g/mol. The van der Waals surface area contributed by atoms with Gasteiger partial charge in [-0.1, -0.05) is 184 Å². The first-order chi connectivity index (χ1) is 29.0. The van der Waals surface area contributed by atoms with Gasteiger partial charge in [-0.2, -0.15) is 0 Å². The van der Waals surface area contributed by atoms with Gasteiger partial charge >= 0.3 is 0 Å². The van der Waals surface area contributed by atoms with Crippen molar-refractivity contribution in [2.75, 3.05) is 0 Å². The molecule has 3 heterocycles. The number of hydrogen-bond acceptors (Lipinski definition) is 2. The highest BCUT2D eigenvalue weighted by Crippen LogP contribution is 2.51. The number of benzene rings is 8. The van der Waals surface area contributed by atoms with Crippen LogP contribution < -0.4 is 20.9 Å². The van der Waals surface area contributed by atoms with Gasteiger partial charge in [0.25, 0.3) is 0 Å². The summed E-state index contributed by atoms with van der Waals surface area (Å²) in [6.07, 6.45) is 0. The van der Waals surface area contributed by atoms with Crippen molar-refractivity contribution in [3.63, 3.8) is 0 Å². The molecule has 0 amide bonds. The summed E-state index contributed by atoms with van der Waals surface area (Å²) in [5.41, 5.74) is 14.1. The molecule has 2 aromatic heterocycles. The zero-order valence-electron chi connectivity index (χ0n) is 32.9. The molecular formula is C55H39N3Si. The van der Waals surface area contributed by atoms with Crippen LogP contribution in [0.15, 0.2) is 200 Å². The van der Waals surface area contributed by atoms with Crippen LogP contribution in [0.1, 0.15) is 25.0 Å². The van der Waals surface area contributed by atoms with Gasteiger partial charge in [0.15, 0.2) is 5.82 Å². The molecule has 0 atom stereocenters. The van der Waals surface area contributed by atoms with E-state index in [4.69, 9.17) is 9.97 Å². The Labute approximate surface area is 345 Å². The lowest BCUT2D eigenvalue weighted by Crippen LogP contribution is -2.73. The van der Waals surface area contributed by atoms with Crippen molar-refractivity contribution >= 4 is 50.8 Å². The van der Waals surface area contributed by atoms with Crippen LogP contribution in [0.4, 0.5) is 0 Å². The number of aromatic nitrogens is 3. The Morgan fingerprint density at radius 1 is 0.458 bits per heavy atom. The first-order valence-corrected chi connectivity index (χ1v) is 22.5. The molecule has 8 aromatic carbocycles. The third-order valence-electron chi connectivity index (χ3n) is 13.1. The maximum absolute atomic E-state index is 5.91. The predicted molar refractivity (Wildman–Crippen MR) is 247 cm³/mol. The molecule has 0 spiro atoms. The van der Waals surface area contributed by atoms with Gasteiger partial charge in [-0.3, -0.25) is 0 Å². The average Bonchev–Trinajstić information content (AvgIpc) is 3.87. The van der Waals surface area contributed by atoms with E-state index in [-0.39, 0.29) is 5.41 Å². The molecule has 1 aliphatic carbocycles. The van der Waals surface area contributed by atoms with Crippen LogP contribution in [-0.4, -0.2) is 22.6 Å². The first-order valence-electron chi connectivity index (χ1n) is 20.5. The topological polar surface area (TPSA) is 30.7 Å². The van der Waals surface area contributed by atoms with Crippen LogP contribution in [0.25, 0.3) is 72.4 Å². The van der Waals surface area contributed by atoms with Crippen LogP contribution in [0, 0.1) is 0 Å². The van der Waals surface area contributed by atoms with E-state index in [1.54, 1.807) is 0 Å². The van der Waals surface area contributed by atoms with Crippen molar-refractivity contribution in [1.29, 1.82) is 0 Å². The number of fused-ring (bicyclic) bond motifs is 9. The van der Waals surface area contributed by atoms with Gasteiger partial charge in [0.2, 0.25) is 8.07 Å². The van der Waals surface area contributed by atoms with Gasteiger partial charge in [0, 0.05) is 32.9 Å². The molecule has 0 unspecified atom stereocenters. The Kier molecular flexibility index (Phi) is 7.29. The highest BCUT2D eigenvalue weighted by Gasteiger charge is 2.51. The summed E-state index contributed by atoms with van der Waals surface area (Å²) in [5, 5.41) is 7.60. The van der Waals surface area contributed by atoms with Crippen molar-refractivity contribution in [2.24, 2.45) is 0 Å². The molecule has 0 bridgehead atoms. The monoisotopic (exact) mass is 769 g/mol. The van der Waals surface area contributed by atoms with E-state index in [0.717, 1.165) is 39.2 Å². The molecule has 0 radical (unpaired) electrons. The number of nitrogens with zero attached hydrogens (tertiary/aromatic N) is 3. The van der Waals surface area contributed by atoms with Crippen molar-refractivity contribution in [2.45, 2.75) is 19.3 Å². The molecule has 59 heavy (non-hydrogen) atoms. The zero-order chi connectivity index (χ0) is 39.3. The quantitative estimate of drug-likeness (QED) is 0.163. The third kappa shape index (κ3) is 4.69. The van der Waals surface area contributed by atoms with Crippen LogP contribution in [0.2, 0.25) is 0 Å². The van der Waals surface area contributed by atoms with Crippen molar-refractivity contribution < 1.29 is 0 Å². The van der Waals surface area contributed by atoms with Gasteiger partial charge in [-0.15, -0.1) is 0 Å². The highest BCUT2D eigenvalue weighted by atomic mass is 28.3. The van der Waals surface area contributed by atoms with Crippen LogP contribution in [0.5, 0.6) is 0 Å². The van der Waals surface area contributed by atoms with Crippen molar-refractivity contribution in [3.05, 3.63) is 211 Å². The van der Waals surface area contributed by atoms with Crippen molar-refractivity contribution in [3.8, 4) is 50.6 Å². The fourth-order valence-electron chi connectivity index (χ4n) is 10.5. The normalized spacial score (nSPS) is 14.2. The largest absolute Gasteiger partial charge is 0.308 e. The van der Waals surface area contributed by atoms with E-state index >= 15 is 0 Å². The van der Waals surface area contributed by atoms with Gasteiger partial charge in [-0.25, -0.2) is 9.97 Å². The highest BCUT2D eigenvalue weighted by molar-refractivity contribution is 7.21. The molecule has 0 N–H and O–H groups in total. The lowest BCUT2D eigenvalue weighted by atomic mass is 9.82. The van der Waals surface area contributed by atoms with Gasteiger partial charge in [-0.05, 0) is 73.7 Å². The second-order valence-corrected chi connectivity index (χ2v) is 20.1. The van der Waals surface area contributed by atoms with E-state index in [1.807, 2.05) is 0 Å². The van der Waals surface area contributed by atoms with Gasteiger partial charge in [0.1, 0.15) is 0 Å². The zero-order valence-corrected chi connectivity index (χ0v) is 33.9. The third-order valence-corrected chi connectivity index (χ3v) is 17.8. The predicted octanol–water partition coefficient (Wildman–Crippen LogP) is 10.6. The first kappa shape index (κ1) is 33.9. The fraction of sp³-hybridized carbons (Fsp3) is 0.0545. The lowest BCUT2D eigenvalue weighted by Gasteiger charge is -2.30. The fourth-order valence-corrected chi connectivity index (χ4v) is 15.5. The molecule has 278 valence electrons. The molecule has 12 rings (SSSR count). The van der Waals surface area contributed by atoms with Gasteiger partial charge in [0.05, 0.1) is 27.7 Å². The molecule has 0 saturated heterocycles. The molecule has 2 aliphatic rings. The maximum atomic E-state index is 5.91. The summed E-state index contributed by atoms with van der Waals surface area (Å²) >= 11 is 0. The van der Waals surface area contributed by atoms with Gasteiger partial charge < -0.3 is 4.57 Å². The smallest absolute Gasteiger partial charge is 0.203 e. The number of hydrogen-bond donors (Lipinski definition) is 0. The minimum absolute atomic E-state index is 0.0984. The SMILES string of the molecule is CC1(C)c2ccccc2-c2cc3c(cc21)c1ccccc1n3-c1ccccc1-c1nc(-c2ccccc2)c2c(n1)[Si](c1ccccc1)(c1ccccc1)c1ccccc1-2. The molecule has 10 aromatic rings. The summed E-state index contributed by atoms with van der Waals surface area (Å²) in [5.74, 6) is 0.730. The summed E-state index contributed by atoms with van der Waals surface area (Å²) < 4.78 is 2.46. The van der Waals surface area contributed by atoms with Crippen LogP contribution >= 0.6 is 0 Å².